The van der Waals surface area contributed by atoms with Crippen molar-refractivity contribution in [3.05, 3.63) is 66.0 Å². The van der Waals surface area contributed by atoms with E-state index in [1.165, 1.54) is 18.2 Å². The van der Waals surface area contributed by atoms with E-state index in [0.29, 0.717) is 6.61 Å². The smallest absolute Gasteiger partial charge is 0.248 e. The second kappa shape index (κ2) is 7.98. The Hall–Kier alpha value is -2.62. The number of carbonyl (C=O) groups excluding carboxylic acids is 1. The topological polar surface area (TPSA) is 38.3 Å². The molecule has 0 fully saturated rings. The van der Waals surface area contributed by atoms with Crippen LogP contribution in [0.5, 0.6) is 5.75 Å². The number of anilines is 1. The van der Waals surface area contributed by atoms with E-state index in [2.05, 4.69) is 5.32 Å². The first kappa shape index (κ1) is 15.8. The zero-order valence-corrected chi connectivity index (χ0v) is 12.4. The first-order valence-electron chi connectivity index (χ1n) is 7.16. The van der Waals surface area contributed by atoms with Crippen molar-refractivity contribution in [1.82, 2.24) is 0 Å². The Bertz CT molecular complexity index is 668. The summed E-state index contributed by atoms with van der Waals surface area (Å²) in [6.45, 7) is 2.65. The van der Waals surface area contributed by atoms with Gasteiger partial charge >= 0.3 is 0 Å². The Balaban J connectivity index is 2.05. The zero-order valence-electron chi connectivity index (χ0n) is 12.4. The van der Waals surface area contributed by atoms with Crippen LogP contribution in [0, 0.1) is 5.82 Å². The van der Waals surface area contributed by atoms with E-state index in [9.17, 15) is 9.18 Å². The first-order chi connectivity index (χ1) is 10.7. The van der Waals surface area contributed by atoms with Gasteiger partial charge in [0.15, 0.2) is 0 Å². The predicted octanol–water partition coefficient (Wildman–Crippen LogP) is 4.27. The summed E-state index contributed by atoms with van der Waals surface area (Å²) in [4.78, 5) is 11.9. The lowest BCUT2D eigenvalue weighted by molar-refractivity contribution is -0.111. The molecule has 0 aliphatic rings. The molecular formula is C18H18FNO2. The number of hydrogen-bond acceptors (Lipinski definition) is 2. The van der Waals surface area contributed by atoms with Gasteiger partial charge in [0.05, 0.1) is 12.3 Å². The maximum atomic E-state index is 13.5. The standard InChI is InChI=1S/C18H18FNO2/c1-2-13-22-17-10-6-3-7-14(17)11-12-18(21)20-16-9-5-4-8-15(16)19/h3-12H,2,13H2,1H3,(H,20,21). The van der Waals surface area contributed by atoms with E-state index in [4.69, 9.17) is 4.74 Å². The molecule has 0 heterocycles. The fraction of sp³-hybridized carbons (Fsp3) is 0.167. The van der Waals surface area contributed by atoms with Crippen LogP contribution < -0.4 is 10.1 Å². The number of carbonyl (C=O) groups is 1. The molecule has 1 N–H and O–H groups in total. The average Bonchev–Trinajstić information content (AvgIpc) is 2.54. The summed E-state index contributed by atoms with van der Waals surface area (Å²) in [7, 11) is 0. The summed E-state index contributed by atoms with van der Waals surface area (Å²) in [5.74, 6) is -0.134. The molecule has 1 amide bonds. The SMILES string of the molecule is CCCOc1ccccc1C=CC(=O)Nc1ccccc1F. The highest BCUT2D eigenvalue weighted by Crippen LogP contribution is 2.20. The molecule has 0 saturated carbocycles. The number of nitrogens with one attached hydrogen (secondary N) is 1. The minimum Gasteiger partial charge on any atom is -0.493 e. The second-order valence-corrected chi connectivity index (χ2v) is 4.69. The fourth-order valence-corrected chi connectivity index (χ4v) is 1.86. The number of para-hydroxylation sites is 2. The Morgan fingerprint density at radius 3 is 2.68 bits per heavy atom. The summed E-state index contributed by atoms with van der Waals surface area (Å²) in [5.41, 5.74) is 0.965. The Morgan fingerprint density at radius 1 is 1.18 bits per heavy atom. The van der Waals surface area contributed by atoms with Crippen molar-refractivity contribution in [2.45, 2.75) is 13.3 Å². The number of hydrogen-bond donors (Lipinski definition) is 1. The Labute approximate surface area is 129 Å². The summed E-state index contributed by atoms with van der Waals surface area (Å²) in [6, 6.07) is 13.5. The van der Waals surface area contributed by atoms with Gasteiger partial charge in [0.2, 0.25) is 5.91 Å². The van der Waals surface area contributed by atoms with Crippen LogP contribution in [0.4, 0.5) is 10.1 Å². The Morgan fingerprint density at radius 2 is 1.91 bits per heavy atom. The largest absolute Gasteiger partial charge is 0.493 e. The maximum Gasteiger partial charge on any atom is 0.248 e. The summed E-state index contributed by atoms with van der Waals surface area (Å²) in [6.07, 6.45) is 3.92. The van der Waals surface area contributed by atoms with Gasteiger partial charge in [0.25, 0.3) is 0 Å². The van der Waals surface area contributed by atoms with Gasteiger partial charge < -0.3 is 10.1 Å². The average molecular weight is 299 g/mol. The minimum absolute atomic E-state index is 0.160. The molecule has 114 valence electrons. The minimum atomic E-state index is -0.462. The molecule has 0 bridgehead atoms. The first-order valence-corrected chi connectivity index (χ1v) is 7.16. The maximum absolute atomic E-state index is 13.5. The monoisotopic (exact) mass is 299 g/mol. The number of rotatable bonds is 6. The molecule has 0 saturated heterocycles. The second-order valence-electron chi connectivity index (χ2n) is 4.69. The van der Waals surface area contributed by atoms with Crippen molar-refractivity contribution in [3.8, 4) is 5.75 Å². The van der Waals surface area contributed by atoms with E-state index in [0.717, 1.165) is 17.7 Å². The van der Waals surface area contributed by atoms with Gasteiger partial charge in [0, 0.05) is 11.6 Å². The van der Waals surface area contributed by atoms with Gasteiger partial charge in [-0.2, -0.15) is 0 Å². The van der Waals surface area contributed by atoms with Crippen molar-refractivity contribution in [1.29, 1.82) is 0 Å². The van der Waals surface area contributed by atoms with E-state index in [1.54, 1.807) is 18.2 Å². The van der Waals surface area contributed by atoms with Gasteiger partial charge in [-0.15, -0.1) is 0 Å². The molecule has 0 aromatic heterocycles. The molecule has 0 radical (unpaired) electrons. The Kier molecular flexibility index (Phi) is 5.72. The highest BCUT2D eigenvalue weighted by molar-refractivity contribution is 6.02. The highest BCUT2D eigenvalue weighted by Gasteiger charge is 2.04. The summed E-state index contributed by atoms with van der Waals surface area (Å²) >= 11 is 0. The molecule has 3 nitrogen and oxygen atoms in total. The third-order valence-corrected chi connectivity index (χ3v) is 2.93. The van der Waals surface area contributed by atoms with Crippen LogP contribution in [-0.2, 0) is 4.79 Å². The van der Waals surface area contributed by atoms with E-state index < -0.39 is 11.7 Å². The molecule has 2 rings (SSSR count). The number of benzene rings is 2. The molecule has 0 aliphatic carbocycles. The fourth-order valence-electron chi connectivity index (χ4n) is 1.86. The van der Waals surface area contributed by atoms with Crippen LogP contribution in [0.1, 0.15) is 18.9 Å². The van der Waals surface area contributed by atoms with Crippen LogP contribution in [0.25, 0.3) is 6.08 Å². The third kappa shape index (κ3) is 4.45. The van der Waals surface area contributed by atoms with Crippen molar-refractivity contribution in [3.63, 3.8) is 0 Å². The van der Waals surface area contributed by atoms with Crippen LogP contribution >= 0.6 is 0 Å². The van der Waals surface area contributed by atoms with Gasteiger partial charge in [-0.05, 0) is 30.7 Å². The van der Waals surface area contributed by atoms with Crippen LogP contribution in [0.2, 0.25) is 0 Å². The molecule has 2 aromatic carbocycles. The van der Waals surface area contributed by atoms with Crippen molar-refractivity contribution in [2.24, 2.45) is 0 Å². The highest BCUT2D eigenvalue weighted by atomic mass is 19.1. The van der Waals surface area contributed by atoms with E-state index >= 15 is 0 Å². The van der Waals surface area contributed by atoms with Crippen LogP contribution in [0.15, 0.2) is 54.6 Å². The molecule has 0 unspecified atom stereocenters. The number of ether oxygens (including phenoxy) is 1. The third-order valence-electron chi connectivity index (χ3n) is 2.93. The predicted molar refractivity (Wildman–Crippen MR) is 86.3 cm³/mol. The molecule has 2 aromatic rings. The molecule has 0 spiro atoms. The van der Waals surface area contributed by atoms with Gasteiger partial charge in [-0.3, -0.25) is 4.79 Å². The lowest BCUT2D eigenvalue weighted by Crippen LogP contribution is -2.09. The summed E-state index contributed by atoms with van der Waals surface area (Å²) < 4.78 is 19.1. The van der Waals surface area contributed by atoms with E-state index in [-0.39, 0.29) is 5.69 Å². The number of amides is 1. The normalized spacial score (nSPS) is 10.6. The quantitative estimate of drug-likeness (QED) is 0.809. The van der Waals surface area contributed by atoms with Crippen molar-refractivity contribution >= 4 is 17.7 Å². The van der Waals surface area contributed by atoms with Crippen molar-refractivity contribution < 1.29 is 13.9 Å². The van der Waals surface area contributed by atoms with Crippen LogP contribution in [-0.4, -0.2) is 12.5 Å². The molecule has 4 heteroatoms. The molecule has 22 heavy (non-hydrogen) atoms. The molecular weight excluding hydrogens is 281 g/mol. The van der Waals surface area contributed by atoms with Gasteiger partial charge in [-0.25, -0.2) is 4.39 Å². The molecule has 0 atom stereocenters. The zero-order chi connectivity index (χ0) is 15.8. The molecule has 0 aliphatic heterocycles. The lowest BCUT2D eigenvalue weighted by Gasteiger charge is -2.07. The van der Waals surface area contributed by atoms with Gasteiger partial charge in [-0.1, -0.05) is 37.3 Å². The lowest BCUT2D eigenvalue weighted by atomic mass is 10.2. The number of halogens is 1. The van der Waals surface area contributed by atoms with Crippen LogP contribution in [0.3, 0.4) is 0 Å². The summed E-state index contributed by atoms with van der Waals surface area (Å²) in [5, 5.41) is 2.50. The van der Waals surface area contributed by atoms with E-state index in [1.807, 2.05) is 31.2 Å². The van der Waals surface area contributed by atoms with Crippen molar-refractivity contribution in [2.75, 3.05) is 11.9 Å². The van der Waals surface area contributed by atoms with Gasteiger partial charge in [0.1, 0.15) is 11.6 Å².